The van der Waals surface area contributed by atoms with Gasteiger partial charge in [-0.1, -0.05) is 35.3 Å². The first-order valence-electron chi connectivity index (χ1n) is 7.68. The summed E-state index contributed by atoms with van der Waals surface area (Å²) in [6.07, 6.45) is 2.73. The summed E-state index contributed by atoms with van der Waals surface area (Å²) in [6.45, 7) is 0. The van der Waals surface area contributed by atoms with E-state index in [1.165, 1.54) is 12.7 Å². The molecular formula is C17H10Cl2N6O2. The van der Waals surface area contributed by atoms with Gasteiger partial charge in [0.1, 0.15) is 12.7 Å². The Morgan fingerprint density at radius 1 is 1.04 bits per heavy atom. The van der Waals surface area contributed by atoms with Crippen molar-refractivity contribution >= 4 is 51.4 Å². The number of hydrogen-bond donors (Lipinski definition) is 1. The normalized spacial score (nSPS) is 10.9. The van der Waals surface area contributed by atoms with Crippen LogP contribution in [0.4, 0.5) is 17.2 Å². The molecule has 0 radical (unpaired) electrons. The third-order valence-electron chi connectivity index (χ3n) is 3.79. The van der Waals surface area contributed by atoms with Crippen molar-refractivity contribution in [1.29, 1.82) is 0 Å². The monoisotopic (exact) mass is 400 g/mol. The minimum atomic E-state index is -0.543. The molecule has 0 amide bonds. The van der Waals surface area contributed by atoms with Crippen LogP contribution >= 0.6 is 23.2 Å². The maximum Gasteiger partial charge on any atom is 0.354 e. The van der Waals surface area contributed by atoms with Crippen molar-refractivity contribution < 1.29 is 4.92 Å². The van der Waals surface area contributed by atoms with E-state index in [1.807, 2.05) is 18.2 Å². The molecule has 0 saturated heterocycles. The number of nitrogens with one attached hydrogen (secondary N) is 1. The van der Waals surface area contributed by atoms with E-state index in [0.29, 0.717) is 26.8 Å². The quantitative estimate of drug-likeness (QED) is 0.391. The molecule has 0 bridgehead atoms. The number of anilines is 2. The molecule has 10 heteroatoms. The Morgan fingerprint density at radius 2 is 1.78 bits per heavy atom. The topological polar surface area (TPSA) is 98.8 Å². The average Bonchev–Trinajstić information content (AvgIpc) is 3.04. The number of benzene rings is 2. The maximum absolute atomic E-state index is 11.8. The Bertz CT molecular complexity index is 1160. The molecule has 1 N–H and O–H groups in total. The number of aromatic nitrogens is 4. The molecule has 2 aromatic heterocycles. The number of hydrogen-bond acceptors (Lipinski definition) is 6. The van der Waals surface area contributed by atoms with Crippen molar-refractivity contribution in [3.05, 3.63) is 75.3 Å². The van der Waals surface area contributed by atoms with Crippen molar-refractivity contribution in [3.63, 3.8) is 0 Å². The zero-order chi connectivity index (χ0) is 19.0. The van der Waals surface area contributed by atoms with Crippen molar-refractivity contribution in [3.8, 4) is 5.82 Å². The van der Waals surface area contributed by atoms with Gasteiger partial charge in [-0.2, -0.15) is 0 Å². The lowest BCUT2D eigenvalue weighted by Gasteiger charge is -2.10. The molecule has 0 fully saturated rings. The van der Waals surface area contributed by atoms with E-state index in [2.05, 4.69) is 20.3 Å². The zero-order valence-electron chi connectivity index (χ0n) is 13.5. The van der Waals surface area contributed by atoms with E-state index in [1.54, 1.807) is 28.8 Å². The number of imidazole rings is 1. The van der Waals surface area contributed by atoms with Crippen molar-refractivity contribution in [1.82, 2.24) is 19.5 Å². The number of halogens is 2. The molecule has 0 aliphatic heterocycles. The fourth-order valence-corrected chi connectivity index (χ4v) is 3.22. The minimum absolute atomic E-state index is 0.0149. The summed E-state index contributed by atoms with van der Waals surface area (Å²) in [6, 6.07) is 12.0. The molecule has 8 nitrogen and oxygen atoms in total. The number of para-hydroxylation sites is 2. The summed E-state index contributed by atoms with van der Waals surface area (Å²) in [5.41, 5.74) is 1.56. The molecule has 0 saturated carbocycles. The highest BCUT2D eigenvalue weighted by atomic mass is 35.5. The van der Waals surface area contributed by atoms with Gasteiger partial charge in [-0.3, -0.25) is 14.7 Å². The van der Waals surface area contributed by atoms with Gasteiger partial charge >= 0.3 is 5.69 Å². The Morgan fingerprint density at radius 3 is 2.52 bits per heavy atom. The van der Waals surface area contributed by atoms with Crippen LogP contribution in [-0.4, -0.2) is 24.4 Å². The van der Waals surface area contributed by atoms with Crippen LogP contribution in [0.1, 0.15) is 0 Å². The molecule has 2 heterocycles. The van der Waals surface area contributed by atoms with E-state index < -0.39 is 4.92 Å². The van der Waals surface area contributed by atoms with Crippen LogP contribution in [0.25, 0.3) is 16.9 Å². The SMILES string of the molecule is O=[N+]([O-])c1c(Nc2cc(Cl)cc(Cl)c2)ncnc1-n1cnc2ccccc21. The van der Waals surface area contributed by atoms with Crippen LogP contribution in [-0.2, 0) is 0 Å². The van der Waals surface area contributed by atoms with Crippen LogP contribution < -0.4 is 5.32 Å². The van der Waals surface area contributed by atoms with E-state index >= 15 is 0 Å². The predicted octanol–water partition coefficient (Wildman–Crippen LogP) is 4.77. The van der Waals surface area contributed by atoms with E-state index in [0.717, 1.165) is 0 Å². The standard InChI is InChI=1S/C17H10Cl2N6O2/c18-10-5-11(19)7-12(6-10)23-16-15(25(26)27)17(21-8-20-16)24-9-22-13-3-1-2-4-14(13)24/h1-9H,(H,20,21,23). The van der Waals surface area contributed by atoms with Crippen LogP contribution in [0, 0.1) is 10.1 Å². The number of nitrogens with zero attached hydrogens (tertiary/aromatic N) is 5. The predicted molar refractivity (Wildman–Crippen MR) is 103 cm³/mol. The molecule has 4 aromatic rings. The van der Waals surface area contributed by atoms with Gasteiger partial charge in [0.15, 0.2) is 0 Å². The van der Waals surface area contributed by atoms with Crippen LogP contribution in [0.2, 0.25) is 10.0 Å². The van der Waals surface area contributed by atoms with Crippen LogP contribution in [0.3, 0.4) is 0 Å². The smallest absolute Gasteiger partial charge is 0.334 e. The summed E-state index contributed by atoms with van der Waals surface area (Å²) in [5, 5.41) is 15.5. The molecule has 134 valence electrons. The van der Waals surface area contributed by atoms with Gasteiger partial charge in [0.05, 0.1) is 16.0 Å². The lowest BCUT2D eigenvalue weighted by molar-refractivity contribution is -0.384. The van der Waals surface area contributed by atoms with Gasteiger partial charge in [-0.05, 0) is 30.3 Å². The molecule has 0 unspecified atom stereocenters. The first-order valence-corrected chi connectivity index (χ1v) is 8.43. The summed E-state index contributed by atoms with van der Waals surface area (Å²) in [4.78, 5) is 23.6. The summed E-state index contributed by atoms with van der Waals surface area (Å²) in [7, 11) is 0. The van der Waals surface area contributed by atoms with E-state index in [4.69, 9.17) is 23.2 Å². The highest BCUT2D eigenvalue weighted by molar-refractivity contribution is 6.35. The van der Waals surface area contributed by atoms with Crippen LogP contribution in [0.5, 0.6) is 0 Å². The van der Waals surface area contributed by atoms with E-state index in [-0.39, 0.29) is 17.3 Å². The number of nitro groups is 1. The van der Waals surface area contributed by atoms with Crippen LogP contribution in [0.15, 0.2) is 55.1 Å². The van der Waals surface area contributed by atoms with Crippen molar-refractivity contribution in [2.75, 3.05) is 5.32 Å². The summed E-state index contributed by atoms with van der Waals surface area (Å²) < 4.78 is 1.55. The molecular weight excluding hydrogens is 391 g/mol. The highest BCUT2D eigenvalue weighted by Gasteiger charge is 2.25. The Balaban J connectivity index is 1.87. The van der Waals surface area contributed by atoms with Crippen molar-refractivity contribution in [2.45, 2.75) is 0 Å². The van der Waals surface area contributed by atoms with Gasteiger partial charge in [-0.15, -0.1) is 0 Å². The molecule has 0 aliphatic carbocycles. The van der Waals surface area contributed by atoms with Gasteiger partial charge in [-0.25, -0.2) is 15.0 Å². The second kappa shape index (κ2) is 6.82. The zero-order valence-corrected chi connectivity index (χ0v) is 15.0. The Labute approximate surface area is 162 Å². The third kappa shape index (κ3) is 3.27. The lowest BCUT2D eigenvalue weighted by Crippen LogP contribution is -2.07. The summed E-state index contributed by atoms with van der Waals surface area (Å²) >= 11 is 12.0. The fraction of sp³-hybridized carbons (Fsp3) is 0. The minimum Gasteiger partial charge on any atom is -0.334 e. The molecule has 0 atom stereocenters. The van der Waals surface area contributed by atoms with Gasteiger partial charge in [0.2, 0.25) is 11.6 Å². The molecule has 2 aromatic carbocycles. The van der Waals surface area contributed by atoms with Gasteiger partial charge in [0, 0.05) is 15.7 Å². The van der Waals surface area contributed by atoms with E-state index in [9.17, 15) is 10.1 Å². The van der Waals surface area contributed by atoms with Crippen molar-refractivity contribution in [2.24, 2.45) is 0 Å². The molecule has 27 heavy (non-hydrogen) atoms. The summed E-state index contributed by atoms with van der Waals surface area (Å²) in [5.74, 6) is 0.112. The molecule has 0 spiro atoms. The highest BCUT2D eigenvalue weighted by Crippen LogP contribution is 2.33. The maximum atomic E-state index is 11.8. The second-order valence-electron chi connectivity index (χ2n) is 5.54. The largest absolute Gasteiger partial charge is 0.354 e. The first kappa shape index (κ1) is 17.2. The number of rotatable bonds is 4. The Kier molecular flexibility index (Phi) is 4.35. The average molecular weight is 401 g/mol. The second-order valence-corrected chi connectivity index (χ2v) is 6.41. The Hall–Kier alpha value is -3.23. The lowest BCUT2D eigenvalue weighted by atomic mass is 10.3. The third-order valence-corrected chi connectivity index (χ3v) is 4.23. The van der Waals surface area contributed by atoms with Gasteiger partial charge in [0.25, 0.3) is 0 Å². The van der Waals surface area contributed by atoms with Gasteiger partial charge < -0.3 is 5.32 Å². The first-order chi connectivity index (χ1) is 13.0. The fourth-order valence-electron chi connectivity index (χ4n) is 2.70. The molecule has 4 rings (SSSR count). The molecule has 0 aliphatic rings. The number of fused-ring (bicyclic) bond motifs is 1.